The van der Waals surface area contributed by atoms with Gasteiger partial charge in [0.25, 0.3) is 0 Å². The topological polar surface area (TPSA) is 57.7 Å². The monoisotopic (exact) mass is 375 g/mol. The molecule has 2 atom stereocenters. The Balaban J connectivity index is 1.72. The van der Waals surface area contributed by atoms with Crippen molar-refractivity contribution in [1.82, 2.24) is 14.8 Å². The summed E-state index contributed by atoms with van der Waals surface area (Å²) in [6.45, 7) is 5.03. The molecule has 1 saturated heterocycles. The second kappa shape index (κ2) is 5.93. The van der Waals surface area contributed by atoms with E-state index in [-0.39, 0.29) is 6.04 Å². The van der Waals surface area contributed by atoms with Crippen molar-refractivity contribution in [3.63, 3.8) is 0 Å². The van der Waals surface area contributed by atoms with Crippen LogP contribution in [-0.4, -0.2) is 27.4 Å². The Morgan fingerprint density at radius 2 is 2.07 bits per heavy atom. The zero-order valence-corrected chi connectivity index (χ0v) is 16.3. The van der Waals surface area contributed by atoms with Crippen molar-refractivity contribution in [1.29, 1.82) is 5.26 Å². The molecule has 27 heavy (non-hydrogen) atoms. The largest absolute Gasteiger partial charge is 0.351 e. The first-order valence-electron chi connectivity index (χ1n) is 9.38. The minimum atomic E-state index is -0.586. The van der Waals surface area contributed by atoms with E-state index >= 15 is 0 Å². The molecule has 2 aromatic heterocycles. The quantitative estimate of drug-likeness (QED) is 0.681. The molecule has 0 bridgehead atoms. The molecule has 0 spiro atoms. The standard InChI is InChI=1S/C21H21N5S/c1-14-12-27-20(23-14)21(13-22)11-17-15(2)24-26(16-7-4-3-5-8-16)19(17)25-10-6-9-18(21)25/h3-5,7-8,12,18H,6,9-11H2,1-2H3/t18-,21-/m0/s1. The molecule has 1 fully saturated rings. The number of para-hydroxylation sites is 1. The summed E-state index contributed by atoms with van der Waals surface area (Å²) < 4.78 is 2.07. The number of thiazole rings is 1. The Kier molecular flexibility index (Phi) is 3.63. The fraction of sp³-hybridized carbons (Fsp3) is 0.381. The van der Waals surface area contributed by atoms with Crippen molar-refractivity contribution < 1.29 is 0 Å². The SMILES string of the molecule is Cc1csc([C@]2(C#N)Cc3c(C)nn(-c4ccccc4)c3N3CCC[C@H]32)n1. The first-order valence-corrected chi connectivity index (χ1v) is 10.3. The minimum absolute atomic E-state index is 0.152. The van der Waals surface area contributed by atoms with Gasteiger partial charge in [-0.25, -0.2) is 9.67 Å². The van der Waals surface area contributed by atoms with E-state index < -0.39 is 5.41 Å². The Hall–Kier alpha value is -2.65. The third-order valence-corrected chi connectivity index (χ3v) is 7.05. The van der Waals surface area contributed by atoms with Gasteiger partial charge in [-0.15, -0.1) is 11.3 Å². The average molecular weight is 376 g/mol. The van der Waals surface area contributed by atoms with E-state index in [4.69, 9.17) is 10.1 Å². The van der Waals surface area contributed by atoms with Crippen molar-refractivity contribution in [2.24, 2.45) is 0 Å². The summed E-state index contributed by atoms with van der Waals surface area (Å²) in [5.74, 6) is 1.17. The summed E-state index contributed by atoms with van der Waals surface area (Å²) in [5, 5.41) is 18.2. The molecule has 5 rings (SSSR count). The number of nitriles is 1. The van der Waals surface area contributed by atoms with E-state index in [0.29, 0.717) is 6.42 Å². The molecule has 136 valence electrons. The molecule has 6 heteroatoms. The second-order valence-electron chi connectivity index (χ2n) is 7.54. The molecular formula is C21H21N5S. The van der Waals surface area contributed by atoms with Gasteiger partial charge in [-0.05, 0) is 38.8 Å². The maximum Gasteiger partial charge on any atom is 0.136 e. The molecule has 2 aliphatic rings. The number of rotatable bonds is 2. The molecule has 4 heterocycles. The Bertz CT molecular complexity index is 1040. The number of aryl methyl sites for hydroxylation is 2. The molecule has 0 radical (unpaired) electrons. The number of hydrogen-bond acceptors (Lipinski definition) is 5. The fourth-order valence-corrected chi connectivity index (χ4v) is 5.66. The Morgan fingerprint density at radius 3 is 2.78 bits per heavy atom. The zero-order valence-electron chi connectivity index (χ0n) is 15.5. The van der Waals surface area contributed by atoms with Crippen LogP contribution in [0.1, 0.15) is 34.8 Å². The summed E-state index contributed by atoms with van der Waals surface area (Å²) in [5.41, 5.74) is 3.68. The summed E-state index contributed by atoms with van der Waals surface area (Å²) in [7, 11) is 0. The highest BCUT2D eigenvalue weighted by Crippen LogP contribution is 2.49. The van der Waals surface area contributed by atoms with Gasteiger partial charge in [-0.2, -0.15) is 10.4 Å². The van der Waals surface area contributed by atoms with Crippen LogP contribution in [0.5, 0.6) is 0 Å². The molecule has 0 amide bonds. The van der Waals surface area contributed by atoms with Gasteiger partial charge in [0.2, 0.25) is 0 Å². The fourth-order valence-electron chi connectivity index (χ4n) is 4.67. The predicted molar refractivity (Wildman–Crippen MR) is 107 cm³/mol. The molecule has 0 saturated carbocycles. The Morgan fingerprint density at radius 1 is 1.26 bits per heavy atom. The number of aromatic nitrogens is 3. The minimum Gasteiger partial charge on any atom is -0.351 e. The summed E-state index contributed by atoms with van der Waals surface area (Å²) in [6, 6.07) is 13.1. The first-order chi connectivity index (χ1) is 13.1. The van der Waals surface area contributed by atoms with Crippen LogP contribution in [0.15, 0.2) is 35.7 Å². The molecule has 5 nitrogen and oxygen atoms in total. The van der Waals surface area contributed by atoms with Crippen molar-refractivity contribution in [2.75, 3.05) is 11.4 Å². The lowest BCUT2D eigenvalue weighted by atomic mass is 9.73. The van der Waals surface area contributed by atoms with E-state index in [1.54, 1.807) is 11.3 Å². The Labute approximate surface area is 162 Å². The molecule has 0 N–H and O–H groups in total. The number of hydrogen-bond donors (Lipinski definition) is 0. The van der Waals surface area contributed by atoms with Crippen molar-refractivity contribution in [2.45, 2.75) is 44.6 Å². The molecule has 3 aromatic rings. The van der Waals surface area contributed by atoms with Gasteiger partial charge in [0.1, 0.15) is 16.2 Å². The second-order valence-corrected chi connectivity index (χ2v) is 8.40. The average Bonchev–Trinajstić information content (AvgIpc) is 3.41. The van der Waals surface area contributed by atoms with Gasteiger partial charge in [0.05, 0.1) is 23.5 Å². The summed E-state index contributed by atoms with van der Waals surface area (Å²) >= 11 is 1.62. The highest BCUT2D eigenvalue weighted by atomic mass is 32.1. The van der Waals surface area contributed by atoms with E-state index in [1.807, 2.05) is 25.1 Å². The van der Waals surface area contributed by atoms with Gasteiger partial charge in [0, 0.05) is 29.6 Å². The van der Waals surface area contributed by atoms with Crippen molar-refractivity contribution in [3.8, 4) is 11.8 Å². The van der Waals surface area contributed by atoms with Gasteiger partial charge in [-0.3, -0.25) is 0 Å². The highest BCUT2D eigenvalue weighted by molar-refractivity contribution is 7.09. The maximum atomic E-state index is 10.4. The van der Waals surface area contributed by atoms with Crippen LogP contribution in [0.3, 0.4) is 0 Å². The maximum absolute atomic E-state index is 10.4. The molecule has 2 aliphatic heterocycles. The molecular weight excluding hydrogens is 354 g/mol. The van der Waals surface area contributed by atoms with Crippen LogP contribution >= 0.6 is 11.3 Å². The lowest BCUT2D eigenvalue weighted by Gasteiger charge is -2.42. The van der Waals surface area contributed by atoms with E-state index in [1.165, 1.54) is 11.4 Å². The van der Waals surface area contributed by atoms with Gasteiger partial charge in [0.15, 0.2) is 0 Å². The van der Waals surface area contributed by atoms with E-state index in [9.17, 15) is 5.26 Å². The van der Waals surface area contributed by atoms with Crippen LogP contribution in [0.4, 0.5) is 5.82 Å². The third kappa shape index (κ3) is 2.28. The van der Waals surface area contributed by atoms with Gasteiger partial charge >= 0.3 is 0 Å². The number of benzene rings is 1. The predicted octanol–water partition coefficient (Wildman–Crippen LogP) is 3.93. The van der Waals surface area contributed by atoms with Gasteiger partial charge in [-0.1, -0.05) is 18.2 Å². The number of nitrogens with zero attached hydrogens (tertiary/aromatic N) is 5. The summed E-state index contributed by atoms with van der Waals surface area (Å²) in [4.78, 5) is 7.17. The van der Waals surface area contributed by atoms with Crippen molar-refractivity contribution >= 4 is 17.2 Å². The van der Waals surface area contributed by atoms with Crippen LogP contribution < -0.4 is 4.90 Å². The van der Waals surface area contributed by atoms with Gasteiger partial charge < -0.3 is 4.90 Å². The lowest BCUT2D eigenvalue weighted by molar-refractivity contribution is 0.404. The molecule has 1 aromatic carbocycles. The zero-order chi connectivity index (χ0) is 18.6. The van der Waals surface area contributed by atoms with Crippen LogP contribution in [0, 0.1) is 25.2 Å². The first kappa shape index (κ1) is 16.5. The molecule has 0 unspecified atom stereocenters. The van der Waals surface area contributed by atoms with Crippen LogP contribution in [0.2, 0.25) is 0 Å². The third-order valence-electron chi connectivity index (χ3n) is 5.91. The smallest absolute Gasteiger partial charge is 0.136 e. The highest BCUT2D eigenvalue weighted by Gasteiger charge is 2.53. The van der Waals surface area contributed by atoms with Crippen LogP contribution in [-0.2, 0) is 11.8 Å². The van der Waals surface area contributed by atoms with Crippen molar-refractivity contribution in [3.05, 3.63) is 57.7 Å². The number of fused-ring (bicyclic) bond motifs is 3. The lowest BCUT2D eigenvalue weighted by Crippen LogP contribution is -2.52. The summed E-state index contributed by atoms with van der Waals surface area (Å²) in [6.07, 6.45) is 2.80. The normalized spacial score (nSPS) is 23.7. The molecule has 0 aliphatic carbocycles. The van der Waals surface area contributed by atoms with E-state index in [2.05, 4.69) is 40.1 Å². The number of anilines is 1. The van der Waals surface area contributed by atoms with Crippen LogP contribution in [0.25, 0.3) is 5.69 Å². The van der Waals surface area contributed by atoms with E-state index in [0.717, 1.165) is 41.5 Å².